The summed E-state index contributed by atoms with van der Waals surface area (Å²) in [5.74, 6) is -0.781. The molecular formula is C18H23N3O5. The van der Waals surface area contributed by atoms with E-state index in [4.69, 9.17) is 10.5 Å². The van der Waals surface area contributed by atoms with E-state index in [1.165, 1.54) is 4.90 Å². The third-order valence-corrected chi connectivity index (χ3v) is 5.13. The van der Waals surface area contributed by atoms with Gasteiger partial charge in [-0.2, -0.15) is 0 Å². The lowest BCUT2D eigenvalue weighted by molar-refractivity contribution is -0.160. The van der Waals surface area contributed by atoms with Crippen LogP contribution in [0.2, 0.25) is 0 Å². The second-order valence-corrected chi connectivity index (χ2v) is 6.76. The van der Waals surface area contributed by atoms with Gasteiger partial charge < -0.3 is 25.8 Å². The van der Waals surface area contributed by atoms with Gasteiger partial charge in [-0.15, -0.1) is 0 Å². The van der Waals surface area contributed by atoms with E-state index < -0.39 is 29.7 Å². The van der Waals surface area contributed by atoms with Crippen molar-refractivity contribution in [3.63, 3.8) is 0 Å². The largest absolute Gasteiger partial charge is 0.433 e. The Hall–Kier alpha value is -2.61. The van der Waals surface area contributed by atoms with E-state index in [2.05, 4.69) is 5.32 Å². The van der Waals surface area contributed by atoms with Gasteiger partial charge in [0.05, 0.1) is 0 Å². The molecule has 3 amide bonds. The van der Waals surface area contributed by atoms with Crippen molar-refractivity contribution < 1.29 is 24.2 Å². The number of carbonyl (C=O) groups is 3. The van der Waals surface area contributed by atoms with Crippen molar-refractivity contribution in [2.45, 2.75) is 43.4 Å². The van der Waals surface area contributed by atoms with Crippen LogP contribution in [-0.2, 0) is 20.7 Å². The first kappa shape index (κ1) is 18.2. The summed E-state index contributed by atoms with van der Waals surface area (Å²) >= 11 is 0. The number of likely N-dealkylation sites (tertiary alicyclic amines) is 1. The van der Waals surface area contributed by atoms with E-state index in [1.807, 2.05) is 30.3 Å². The average molecular weight is 361 g/mol. The number of aryl methyl sites for hydroxylation is 1. The Labute approximate surface area is 151 Å². The maximum absolute atomic E-state index is 12.9. The Morgan fingerprint density at radius 3 is 2.65 bits per heavy atom. The molecule has 4 N–H and O–H groups in total. The molecule has 2 fully saturated rings. The molecule has 8 heteroatoms. The van der Waals surface area contributed by atoms with Crippen LogP contribution in [-0.4, -0.2) is 58.8 Å². The van der Waals surface area contributed by atoms with Gasteiger partial charge in [-0.25, -0.2) is 4.79 Å². The summed E-state index contributed by atoms with van der Waals surface area (Å²) in [7, 11) is 0. The number of amides is 3. The number of hydrogen-bond donors (Lipinski definition) is 3. The molecule has 0 bridgehead atoms. The lowest BCUT2D eigenvalue weighted by Crippen LogP contribution is -2.72. The highest BCUT2D eigenvalue weighted by Crippen LogP contribution is 2.35. The van der Waals surface area contributed by atoms with Gasteiger partial charge >= 0.3 is 6.09 Å². The van der Waals surface area contributed by atoms with E-state index in [1.54, 1.807) is 0 Å². The van der Waals surface area contributed by atoms with Gasteiger partial charge in [-0.1, -0.05) is 30.3 Å². The maximum atomic E-state index is 12.9. The third-order valence-electron chi connectivity index (χ3n) is 5.13. The van der Waals surface area contributed by atoms with E-state index >= 15 is 0 Å². The number of primary amides is 1. The van der Waals surface area contributed by atoms with Crippen molar-refractivity contribution in [3.05, 3.63) is 35.9 Å². The van der Waals surface area contributed by atoms with Crippen LogP contribution in [0, 0.1) is 0 Å². The number of nitrogens with zero attached hydrogens (tertiary/aromatic N) is 1. The highest BCUT2D eigenvalue weighted by Gasteiger charge is 2.57. The molecule has 26 heavy (non-hydrogen) atoms. The summed E-state index contributed by atoms with van der Waals surface area (Å²) in [5, 5.41) is 13.1. The average Bonchev–Trinajstić information content (AvgIpc) is 3.10. The maximum Gasteiger partial charge on any atom is 0.405 e. The fourth-order valence-electron chi connectivity index (χ4n) is 3.67. The molecular weight excluding hydrogens is 338 g/mol. The van der Waals surface area contributed by atoms with E-state index in [9.17, 15) is 19.5 Å². The molecule has 1 aromatic carbocycles. The van der Waals surface area contributed by atoms with Gasteiger partial charge in [-0.05, 0) is 31.2 Å². The molecule has 1 unspecified atom stereocenters. The van der Waals surface area contributed by atoms with Crippen molar-refractivity contribution in [3.8, 4) is 0 Å². The van der Waals surface area contributed by atoms with E-state index in [0.717, 1.165) is 5.56 Å². The topological polar surface area (TPSA) is 122 Å². The molecule has 8 nitrogen and oxygen atoms in total. The van der Waals surface area contributed by atoms with Crippen molar-refractivity contribution in [2.24, 2.45) is 5.73 Å². The molecule has 2 aliphatic heterocycles. The van der Waals surface area contributed by atoms with Crippen LogP contribution in [0.25, 0.3) is 0 Å². The van der Waals surface area contributed by atoms with Crippen LogP contribution in [0.5, 0.6) is 0 Å². The zero-order valence-corrected chi connectivity index (χ0v) is 14.4. The van der Waals surface area contributed by atoms with Crippen molar-refractivity contribution >= 4 is 17.9 Å². The number of carbonyl (C=O) groups excluding carboxylic acids is 3. The molecule has 2 aliphatic rings. The van der Waals surface area contributed by atoms with Gasteiger partial charge in [0.25, 0.3) is 5.91 Å². The molecule has 1 spiro atoms. The first-order chi connectivity index (χ1) is 12.4. The number of aliphatic hydroxyl groups is 1. The van der Waals surface area contributed by atoms with Crippen molar-refractivity contribution in [2.75, 3.05) is 13.1 Å². The fraction of sp³-hybridized carbons (Fsp3) is 0.500. The Kier molecular flexibility index (Phi) is 5.13. The molecule has 1 aromatic rings. The second-order valence-electron chi connectivity index (χ2n) is 6.76. The summed E-state index contributed by atoms with van der Waals surface area (Å²) in [6.07, 6.45) is -1.78. The minimum absolute atomic E-state index is 0.208. The molecule has 0 radical (unpaired) electrons. The van der Waals surface area contributed by atoms with Gasteiger partial charge in [0, 0.05) is 13.1 Å². The quantitative estimate of drug-likeness (QED) is 0.613. The zero-order valence-electron chi connectivity index (χ0n) is 14.4. The molecule has 0 saturated carbocycles. The minimum Gasteiger partial charge on any atom is -0.433 e. The molecule has 3 atom stereocenters. The number of hydrogen-bond acceptors (Lipinski definition) is 5. The molecule has 140 valence electrons. The van der Waals surface area contributed by atoms with Crippen LogP contribution in [0.3, 0.4) is 0 Å². The summed E-state index contributed by atoms with van der Waals surface area (Å²) in [5.41, 5.74) is 5.21. The summed E-state index contributed by atoms with van der Waals surface area (Å²) < 4.78 is 4.94. The third kappa shape index (κ3) is 3.37. The van der Waals surface area contributed by atoms with Crippen LogP contribution in [0.1, 0.15) is 24.8 Å². The smallest absolute Gasteiger partial charge is 0.405 e. The highest BCUT2D eigenvalue weighted by atomic mass is 16.6. The lowest BCUT2D eigenvalue weighted by Gasteiger charge is -2.45. The summed E-state index contributed by atoms with van der Waals surface area (Å²) in [6, 6.07) is 9.47. The van der Waals surface area contributed by atoms with Crippen molar-refractivity contribution in [1.29, 1.82) is 0 Å². The van der Waals surface area contributed by atoms with Crippen LogP contribution in [0.15, 0.2) is 30.3 Å². The number of nitrogens with one attached hydrogen (secondary N) is 1. The van der Waals surface area contributed by atoms with Gasteiger partial charge in [0.1, 0.15) is 11.6 Å². The second kappa shape index (κ2) is 7.33. The molecule has 3 rings (SSSR count). The normalized spacial score (nSPS) is 23.9. The Bertz CT molecular complexity index is 695. The number of nitrogens with two attached hydrogens (primary N) is 1. The first-order valence-electron chi connectivity index (χ1n) is 8.72. The van der Waals surface area contributed by atoms with Crippen molar-refractivity contribution in [1.82, 2.24) is 10.2 Å². The SMILES string of the molecule is NC(=O)O[C@H](C(=O)N1CCCC12CNC2=O)[C@H](O)CCc1ccccc1. The van der Waals surface area contributed by atoms with E-state index in [0.29, 0.717) is 32.4 Å². The molecule has 2 heterocycles. The summed E-state index contributed by atoms with van der Waals surface area (Å²) in [4.78, 5) is 37.6. The van der Waals surface area contributed by atoms with Crippen LogP contribution >= 0.6 is 0 Å². The van der Waals surface area contributed by atoms with Gasteiger partial charge in [0.2, 0.25) is 12.0 Å². The Balaban J connectivity index is 1.71. The number of aliphatic hydroxyl groups excluding tert-OH is 1. The molecule has 0 aliphatic carbocycles. The number of benzene rings is 1. The summed E-state index contributed by atoms with van der Waals surface area (Å²) in [6.45, 7) is 0.761. The number of ether oxygens (including phenoxy) is 1. The van der Waals surface area contributed by atoms with Gasteiger partial charge in [0.15, 0.2) is 0 Å². The van der Waals surface area contributed by atoms with Crippen LogP contribution < -0.4 is 11.1 Å². The molecule has 0 aromatic heterocycles. The number of β-lactam (4-membered cyclic amide) rings is 1. The van der Waals surface area contributed by atoms with E-state index in [-0.39, 0.29) is 12.3 Å². The fourth-order valence-corrected chi connectivity index (χ4v) is 3.67. The highest BCUT2D eigenvalue weighted by molar-refractivity contribution is 5.98. The number of rotatable bonds is 6. The zero-order chi connectivity index (χ0) is 18.7. The Morgan fingerprint density at radius 1 is 1.35 bits per heavy atom. The predicted octanol–water partition coefficient (Wildman–Crippen LogP) is -0.0650. The molecule has 2 saturated heterocycles. The van der Waals surface area contributed by atoms with Crippen LogP contribution in [0.4, 0.5) is 4.79 Å². The van der Waals surface area contributed by atoms with Gasteiger partial charge in [-0.3, -0.25) is 9.59 Å². The monoisotopic (exact) mass is 361 g/mol. The Morgan fingerprint density at radius 2 is 2.08 bits per heavy atom. The lowest BCUT2D eigenvalue weighted by atomic mass is 9.87. The predicted molar refractivity (Wildman–Crippen MR) is 91.9 cm³/mol. The minimum atomic E-state index is -1.42. The first-order valence-corrected chi connectivity index (χ1v) is 8.72. The standard InChI is InChI=1S/C18H23N3O5/c19-17(25)26-14(13(22)8-7-12-5-2-1-3-6-12)15(23)21-10-4-9-18(21)11-20-16(18)24/h1-3,5-6,13-14,22H,4,7-11H2,(H2,19,25)(H,20,24)/t13-,14+,18?/m1/s1.